The number of rotatable bonds is 6. The molecule has 0 N–H and O–H groups in total. The Morgan fingerprint density at radius 1 is 0.875 bits per heavy atom. The number of pyridine rings is 1. The molecule has 5 aromatic rings. The molecule has 3 aromatic carbocycles. The van der Waals surface area contributed by atoms with Crippen molar-refractivity contribution in [1.82, 2.24) is 19.7 Å². The maximum atomic E-state index is 4.91. The van der Waals surface area contributed by atoms with Crippen molar-refractivity contribution in [2.45, 2.75) is 24.4 Å². The molecule has 0 radical (unpaired) electrons. The van der Waals surface area contributed by atoms with Gasteiger partial charge in [-0.1, -0.05) is 88.4 Å². The minimum absolute atomic E-state index is 0.792. The van der Waals surface area contributed by atoms with E-state index in [2.05, 4.69) is 86.1 Å². The van der Waals surface area contributed by atoms with Crippen molar-refractivity contribution < 1.29 is 0 Å². The van der Waals surface area contributed by atoms with E-state index in [0.29, 0.717) is 0 Å². The summed E-state index contributed by atoms with van der Waals surface area (Å²) in [6.07, 6.45) is 0. The van der Waals surface area contributed by atoms with Gasteiger partial charge in [0, 0.05) is 33.3 Å². The van der Waals surface area contributed by atoms with Crippen molar-refractivity contribution >= 4 is 38.6 Å². The second-order valence-corrected chi connectivity index (χ2v) is 9.27. The zero-order valence-corrected chi connectivity index (χ0v) is 20.0. The van der Waals surface area contributed by atoms with Gasteiger partial charge >= 0.3 is 0 Å². The topological polar surface area (TPSA) is 43.6 Å². The van der Waals surface area contributed by atoms with E-state index in [9.17, 15) is 0 Å². The monoisotopic (exact) mass is 500 g/mol. The number of hydrogen-bond donors (Lipinski definition) is 0. The Morgan fingerprint density at radius 2 is 1.69 bits per heavy atom. The van der Waals surface area contributed by atoms with E-state index in [1.165, 1.54) is 5.56 Å². The number of para-hydroxylation sites is 1. The number of aromatic nitrogens is 4. The highest BCUT2D eigenvalue weighted by Gasteiger charge is 2.17. The van der Waals surface area contributed by atoms with Crippen LogP contribution in [-0.4, -0.2) is 19.7 Å². The largest absolute Gasteiger partial charge is 0.302 e. The van der Waals surface area contributed by atoms with E-state index in [-0.39, 0.29) is 0 Å². The Labute approximate surface area is 199 Å². The zero-order chi connectivity index (χ0) is 21.9. The third-order valence-electron chi connectivity index (χ3n) is 5.32. The lowest BCUT2D eigenvalue weighted by atomic mass is 10.0. The molecule has 0 aliphatic heterocycles. The van der Waals surface area contributed by atoms with Crippen LogP contribution in [0.25, 0.3) is 33.5 Å². The number of benzene rings is 3. The first-order valence-corrected chi connectivity index (χ1v) is 12.3. The summed E-state index contributed by atoms with van der Waals surface area (Å²) in [7, 11) is 0. The molecule has 0 spiro atoms. The number of nitrogens with zero attached hydrogens (tertiary/aromatic N) is 4. The van der Waals surface area contributed by atoms with Gasteiger partial charge in [-0.2, -0.15) is 0 Å². The van der Waals surface area contributed by atoms with Gasteiger partial charge in [0.2, 0.25) is 0 Å². The summed E-state index contributed by atoms with van der Waals surface area (Å²) in [6.45, 7) is 2.93. The first-order chi connectivity index (χ1) is 15.7. The quantitative estimate of drug-likeness (QED) is 0.230. The number of halogens is 1. The van der Waals surface area contributed by atoms with Crippen LogP contribution in [0, 0.1) is 0 Å². The molecule has 5 rings (SSSR count). The fourth-order valence-corrected chi connectivity index (χ4v) is 5.16. The molecule has 2 aromatic heterocycles. The Hall–Kier alpha value is -2.96. The van der Waals surface area contributed by atoms with Crippen LogP contribution in [0.1, 0.15) is 12.5 Å². The van der Waals surface area contributed by atoms with E-state index in [1.807, 2.05) is 36.4 Å². The fourth-order valence-electron chi connectivity index (χ4n) is 3.77. The fraction of sp³-hybridized carbons (Fsp3) is 0.115. The maximum absolute atomic E-state index is 4.91. The predicted octanol–water partition coefficient (Wildman–Crippen LogP) is 7.24. The summed E-state index contributed by atoms with van der Waals surface area (Å²) in [5.74, 6) is 1.71. The maximum Gasteiger partial charge on any atom is 0.191 e. The van der Waals surface area contributed by atoms with Crippen molar-refractivity contribution in [3.8, 4) is 22.6 Å². The molecular weight excluding hydrogens is 480 g/mol. The van der Waals surface area contributed by atoms with Gasteiger partial charge in [0.15, 0.2) is 11.0 Å². The third kappa shape index (κ3) is 4.20. The van der Waals surface area contributed by atoms with Gasteiger partial charge < -0.3 is 4.57 Å². The molecule has 6 heteroatoms. The molecule has 0 fully saturated rings. The predicted molar refractivity (Wildman–Crippen MR) is 136 cm³/mol. The molecule has 32 heavy (non-hydrogen) atoms. The molecular formula is C26H21BrN4S. The van der Waals surface area contributed by atoms with Crippen molar-refractivity contribution in [3.63, 3.8) is 0 Å². The molecule has 0 aliphatic rings. The summed E-state index contributed by atoms with van der Waals surface area (Å²) >= 11 is 5.26. The molecule has 0 atom stereocenters. The van der Waals surface area contributed by atoms with Crippen LogP contribution in [0.4, 0.5) is 0 Å². The lowest BCUT2D eigenvalue weighted by Gasteiger charge is -2.12. The molecule has 4 nitrogen and oxygen atoms in total. The lowest BCUT2D eigenvalue weighted by Crippen LogP contribution is -2.01. The average molecular weight is 501 g/mol. The van der Waals surface area contributed by atoms with Crippen LogP contribution >= 0.6 is 27.7 Å². The van der Waals surface area contributed by atoms with Crippen molar-refractivity contribution in [2.24, 2.45) is 0 Å². The van der Waals surface area contributed by atoms with Crippen molar-refractivity contribution in [1.29, 1.82) is 0 Å². The molecule has 0 saturated carbocycles. The summed E-state index contributed by atoms with van der Waals surface area (Å²) in [4.78, 5) is 4.91. The van der Waals surface area contributed by atoms with Gasteiger partial charge in [-0.3, -0.25) is 0 Å². The van der Waals surface area contributed by atoms with Crippen LogP contribution in [0.2, 0.25) is 0 Å². The molecule has 2 heterocycles. The molecule has 0 bridgehead atoms. The summed E-state index contributed by atoms with van der Waals surface area (Å²) in [5.41, 5.74) is 5.29. The van der Waals surface area contributed by atoms with Crippen LogP contribution in [0.15, 0.2) is 94.6 Å². The summed E-state index contributed by atoms with van der Waals surface area (Å²) in [5, 5.41) is 11.2. The summed E-state index contributed by atoms with van der Waals surface area (Å²) in [6, 6.07) is 29.0. The second-order valence-electron chi connectivity index (χ2n) is 7.41. The molecule has 0 aliphatic carbocycles. The van der Waals surface area contributed by atoms with Crippen molar-refractivity contribution in [2.75, 3.05) is 0 Å². The van der Waals surface area contributed by atoms with Gasteiger partial charge in [0.1, 0.15) is 0 Å². The molecule has 158 valence electrons. The van der Waals surface area contributed by atoms with Crippen molar-refractivity contribution in [3.05, 3.63) is 95.0 Å². The van der Waals surface area contributed by atoms with Crippen LogP contribution in [0.3, 0.4) is 0 Å². The Kier molecular flexibility index (Phi) is 6.06. The summed E-state index contributed by atoms with van der Waals surface area (Å²) < 4.78 is 3.28. The Morgan fingerprint density at radius 3 is 2.50 bits per heavy atom. The number of hydrogen-bond acceptors (Lipinski definition) is 4. The standard InChI is InChI=1S/C26H21BrN4S/c1-2-31-25(29-30-26(31)32-17-18-9-8-12-20(27)15-18)22-16-24(19-10-4-3-5-11-19)28-23-14-7-6-13-21(22)23/h3-16H,2,17H2,1H3. The van der Waals surface area contributed by atoms with Crippen LogP contribution in [0.5, 0.6) is 0 Å². The minimum Gasteiger partial charge on any atom is -0.302 e. The van der Waals surface area contributed by atoms with Crippen LogP contribution < -0.4 is 0 Å². The molecule has 0 amide bonds. The van der Waals surface area contributed by atoms with Crippen LogP contribution in [-0.2, 0) is 12.3 Å². The van der Waals surface area contributed by atoms with E-state index in [4.69, 9.17) is 4.98 Å². The van der Waals surface area contributed by atoms with Gasteiger partial charge in [0.05, 0.1) is 11.2 Å². The van der Waals surface area contributed by atoms with Gasteiger partial charge in [-0.05, 0) is 36.8 Å². The van der Waals surface area contributed by atoms with E-state index < -0.39 is 0 Å². The molecule has 0 unspecified atom stereocenters. The first-order valence-electron chi connectivity index (χ1n) is 10.5. The lowest BCUT2D eigenvalue weighted by molar-refractivity contribution is 0.687. The highest BCUT2D eigenvalue weighted by molar-refractivity contribution is 9.10. The SMILES string of the molecule is CCn1c(SCc2cccc(Br)c2)nnc1-c1cc(-c2ccccc2)nc2ccccc12. The number of fused-ring (bicyclic) bond motifs is 1. The first kappa shape index (κ1) is 20.9. The van der Waals surface area contributed by atoms with E-state index in [1.54, 1.807) is 11.8 Å². The zero-order valence-electron chi connectivity index (χ0n) is 17.6. The molecule has 0 saturated heterocycles. The Balaban J connectivity index is 1.58. The smallest absolute Gasteiger partial charge is 0.191 e. The number of thioether (sulfide) groups is 1. The van der Waals surface area contributed by atoms with Gasteiger partial charge in [-0.15, -0.1) is 10.2 Å². The normalized spacial score (nSPS) is 11.2. The second kappa shape index (κ2) is 9.27. The highest BCUT2D eigenvalue weighted by atomic mass is 79.9. The van der Waals surface area contributed by atoms with E-state index in [0.717, 1.165) is 55.5 Å². The van der Waals surface area contributed by atoms with Gasteiger partial charge in [-0.25, -0.2) is 4.98 Å². The highest BCUT2D eigenvalue weighted by Crippen LogP contribution is 2.33. The Bertz CT molecular complexity index is 1380. The van der Waals surface area contributed by atoms with E-state index >= 15 is 0 Å². The minimum atomic E-state index is 0.792. The third-order valence-corrected chi connectivity index (χ3v) is 6.85. The van der Waals surface area contributed by atoms with Gasteiger partial charge in [0.25, 0.3) is 0 Å². The average Bonchev–Trinajstić information content (AvgIpc) is 3.25.